The highest BCUT2D eigenvalue weighted by atomic mass is 35.5. The Hall–Kier alpha value is 0.0900. The van der Waals surface area contributed by atoms with Crippen LogP contribution in [0.1, 0.15) is 24.8 Å². The first-order chi connectivity index (χ1) is 7.16. The average molecular weight is 264 g/mol. The highest BCUT2D eigenvalue weighted by Gasteiger charge is 2.25. The van der Waals surface area contributed by atoms with Gasteiger partial charge >= 0.3 is 0 Å². The van der Waals surface area contributed by atoms with Crippen LogP contribution < -0.4 is 0 Å². The molecule has 0 radical (unpaired) electrons. The SMILES string of the molecule is Clc1ccc(CC2CCCC2Cl)cc1Cl. The molecular weight excluding hydrogens is 250 g/mol. The summed E-state index contributed by atoms with van der Waals surface area (Å²) >= 11 is 18.1. The van der Waals surface area contributed by atoms with Crippen LogP contribution in [0.3, 0.4) is 0 Å². The minimum atomic E-state index is 0.333. The number of halogens is 3. The monoisotopic (exact) mass is 262 g/mol. The minimum absolute atomic E-state index is 0.333. The summed E-state index contributed by atoms with van der Waals surface area (Å²) in [5, 5.41) is 1.59. The molecule has 82 valence electrons. The summed E-state index contributed by atoms with van der Waals surface area (Å²) in [6.45, 7) is 0. The third-order valence-corrected chi connectivity index (χ3v) is 4.36. The molecule has 0 aliphatic heterocycles. The molecule has 1 saturated carbocycles. The van der Waals surface area contributed by atoms with Crippen molar-refractivity contribution in [3.8, 4) is 0 Å². The average Bonchev–Trinajstić information content (AvgIpc) is 2.59. The molecule has 1 aromatic rings. The van der Waals surface area contributed by atoms with Crippen LogP contribution in [0.15, 0.2) is 18.2 Å². The van der Waals surface area contributed by atoms with Gasteiger partial charge in [0, 0.05) is 5.38 Å². The fraction of sp³-hybridized carbons (Fsp3) is 0.500. The molecule has 0 heterocycles. The van der Waals surface area contributed by atoms with Crippen LogP contribution >= 0.6 is 34.8 Å². The Kier molecular flexibility index (Phi) is 3.82. The molecule has 0 N–H and O–H groups in total. The maximum absolute atomic E-state index is 6.24. The molecule has 1 aromatic carbocycles. The minimum Gasteiger partial charge on any atom is -0.123 e. The highest BCUT2D eigenvalue weighted by Crippen LogP contribution is 2.33. The van der Waals surface area contributed by atoms with Gasteiger partial charge in [-0.05, 0) is 42.9 Å². The molecular formula is C12H13Cl3. The van der Waals surface area contributed by atoms with Gasteiger partial charge in [-0.15, -0.1) is 11.6 Å². The van der Waals surface area contributed by atoms with Crippen LogP contribution in [0, 0.1) is 5.92 Å². The van der Waals surface area contributed by atoms with Gasteiger partial charge in [0.2, 0.25) is 0 Å². The zero-order chi connectivity index (χ0) is 10.8. The van der Waals surface area contributed by atoms with Crippen molar-refractivity contribution in [1.82, 2.24) is 0 Å². The Bertz CT molecular complexity index is 349. The van der Waals surface area contributed by atoms with Crippen molar-refractivity contribution in [2.24, 2.45) is 5.92 Å². The van der Waals surface area contributed by atoms with E-state index in [1.807, 2.05) is 18.2 Å². The van der Waals surface area contributed by atoms with Crippen LogP contribution in [0.25, 0.3) is 0 Å². The summed E-state index contributed by atoms with van der Waals surface area (Å²) in [7, 11) is 0. The summed E-state index contributed by atoms with van der Waals surface area (Å²) < 4.78 is 0. The maximum Gasteiger partial charge on any atom is 0.0595 e. The van der Waals surface area contributed by atoms with Gasteiger partial charge in [-0.2, -0.15) is 0 Å². The third-order valence-electron chi connectivity index (χ3n) is 3.05. The van der Waals surface area contributed by atoms with E-state index >= 15 is 0 Å². The number of hydrogen-bond acceptors (Lipinski definition) is 0. The van der Waals surface area contributed by atoms with Gasteiger partial charge in [0.05, 0.1) is 10.0 Å². The second-order valence-electron chi connectivity index (χ2n) is 4.16. The van der Waals surface area contributed by atoms with E-state index in [-0.39, 0.29) is 0 Å². The Morgan fingerprint density at radius 2 is 1.93 bits per heavy atom. The summed E-state index contributed by atoms with van der Waals surface area (Å²) in [6, 6.07) is 5.85. The summed E-state index contributed by atoms with van der Waals surface area (Å²) in [5.74, 6) is 0.601. The molecule has 2 atom stereocenters. The first kappa shape index (κ1) is 11.6. The second kappa shape index (κ2) is 4.95. The largest absolute Gasteiger partial charge is 0.123 e. The van der Waals surface area contributed by atoms with E-state index in [4.69, 9.17) is 34.8 Å². The molecule has 2 unspecified atom stereocenters. The zero-order valence-corrected chi connectivity index (χ0v) is 10.6. The van der Waals surface area contributed by atoms with E-state index in [9.17, 15) is 0 Å². The Labute approximate surface area is 106 Å². The summed E-state index contributed by atoms with van der Waals surface area (Å²) in [4.78, 5) is 0. The zero-order valence-electron chi connectivity index (χ0n) is 8.35. The van der Waals surface area contributed by atoms with Gasteiger partial charge in [0.1, 0.15) is 0 Å². The predicted molar refractivity (Wildman–Crippen MR) is 67.1 cm³/mol. The molecule has 1 aliphatic carbocycles. The van der Waals surface area contributed by atoms with Gasteiger partial charge in [-0.3, -0.25) is 0 Å². The number of alkyl halides is 1. The first-order valence-electron chi connectivity index (χ1n) is 5.25. The molecule has 0 nitrogen and oxygen atoms in total. The van der Waals surface area contributed by atoms with Crippen molar-refractivity contribution in [2.75, 3.05) is 0 Å². The summed E-state index contributed by atoms with van der Waals surface area (Å²) in [5.41, 5.74) is 1.24. The highest BCUT2D eigenvalue weighted by molar-refractivity contribution is 6.42. The number of hydrogen-bond donors (Lipinski definition) is 0. The third kappa shape index (κ3) is 2.81. The predicted octanol–water partition coefficient (Wildman–Crippen LogP) is 4.94. The molecule has 0 amide bonds. The summed E-state index contributed by atoms with van der Waals surface area (Å²) in [6.07, 6.45) is 4.65. The van der Waals surface area contributed by atoms with Gasteiger partial charge in [0.25, 0.3) is 0 Å². The lowest BCUT2D eigenvalue weighted by Gasteiger charge is -2.13. The Morgan fingerprint density at radius 3 is 2.53 bits per heavy atom. The van der Waals surface area contributed by atoms with Gasteiger partial charge in [-0.25, -0.2) is 0 Å². The van der Waals surface area contributed by atoms with E-state index in [2.05, 4.69) is 0 Å². The van der Waals surface area contributed by atoms with E-state index in [1.54, 1.807) is 0 Å². The topological polar surface area (TPSA) is 0 Å². The molecule has 0 spiro atoms. The second-order valence-corrected chi connectivity index (χ2v) is 5.53. The van der Waals surface area contributed by atoms with Crippen molar-refractivity contribution in [3.63, 3.8) is 0 Å². The van der Waals surface area contributed by atoms with E-state index in [0.29, 0.717) is 21.3 Å². The van der Waals surface area contributed by atoms with Gasteiger partial charge in [0.15, 0.2) is 0 Å². The van der Waals surface area contributed by atoms with Crippen molar-refractivity contribution < 1.29 is 0 Å². The van der Waals surface area contributed by atoms with E-state index in [0.717, 1.165) is 12.8 Å². The fourth-order valence-corrected chi connectivity index (χ4v) is 2.88. The van der Waals surface area contributed by atoms with Crippen molar-refractivity contribution in [1.29, 1.82) is 0 Å². The van der Waals surface area contributed by atoms with Crippen LogP contribution in [-0.2, 0) is 6.42 Å². The molecule has 15 heavy (non-hydrogen) atoms. The van der Waals surface area contributed by atoms with Crippen LogP contribution in [0.4, 0.5) is 0 Å². The smallest absolute Gasteiger partial charge is 0.0595 e. The molecule has 1 aliphatic rings. The van der Waals surface area contributed by atoms with E-state index in [1.165, 1.54) is 18.4 Å². The quantitative estimate of drug-likeness (QED) is 0.663. The molecule has 1 fully saturated rings. The van der Waals surface area contributed by atoms with Crippen molar-refractivity contribution in [3.05, 3.63) is 33.8 Å². The van der Waals surface area contributed by atoms with E-state index < -0.39 is 0 Å². The van der Waals surface area contributed by atoms with Gasteiger partial charge in [-0.1, -0.05) is 35.7 Å². The lowest BCUT2D eigenvalue weighted by atomic mass is 9.98. The van der Waals surface area contributed by atoms with Crippen molar-refractivity contribution >= 4 is 34.8 Å². The van der Waals surface area contributed by atoms with Crippen LogP contribution in [0.2, 0.25) is 10.0 Å². The molecule has 2 rings (SSSR count). The Balaban J connectivity index is 2.07. The maximum atomic E-state index is 6.24. The first-order valence-corrected chi connectivity index (χ1v) is 6.44. The van der Waals surface area contributed by atoms with Crippen LogP contribution in [0.5, 0.6) is 0 Å². The lowest BCUT2D eigenvalue weighted by molar-refractivity contribution is 0.553. The lowest BCUT2D eigenvalue weighted by Crippen LogP contribution is -2.10. The normalized spacial score (nSPS) is 25.8. The van der Waals surface area contributed by atoms with Crippen molar-refractivity contribution in [2.45, 2.75) is 31.1 Å². The Morgan fingerprint density at radius 1 is 1.13 bits per heavy atom. The molecule has 3 heteroatoms. The molecule has 0 aromatic heterocycles. The van der Waals surface area contributed by atoms with Crippen LogP contribution in [-0.4, -0.2) is 5.38 Å². The number of rotatable bonds is 2. The fourth-order valence-electron chi connectivity index (χ4n) is 2.19. The molecule has 0 bridgehead atoms. The molecule has 0 saturated heterocycles. The standard InChI is InChI=1S/C12H13Cl3/c13-10-3-1-2-9(10)6-8-4-5-11(14)12(15)7-8/h4-5,7,9-10H,1-3,6H2. The number of benzene rings is 1. The van der Waals surface area contributed by atoms with Gasteiger partial charge < -0.3 is 0 Å².